The predicted molar refractivity (Wildman–Crippen MR) is 70.1 cm³/mol. The van der Waals surface area contributed by atoms with Gasteiger partial charge >= 0.3 is 5.97 Å². The number of nitrogens with zero attached hydrogens (tertiary/aromatic N) is 1. The maximum absolute atomic E-state index is 11.9. The molecule has 0 fully saturated rings. The lowest BCUT2D eigenvalue weighted by molar-refractivity contribution is 0.0600. The van der Waals surface area contributed by atoms with Crippen molar-refractivity contribution in [2.45, 2.75) is 5.75 Å². The van der Waals surface area contributed by atoms with Crippen LogP contribution in [0, 0.1) is 0 Å². The molecular weight excluding hydrogens is 270 g/mol. The number of likely N-dealkylation sites (N-methyl/N-ethyl adjacent to an activating group) is 1. The molecule has 0 aliphatic rings. The first-order valence-corrected chi connectivity index (χ1v) is 7.23. The number of sulfonamides is 1. The third kappa shape index (κ3) is 4.30. The number of carbonyl (C=O) groups is 1. The lowest BCUT2D eigenvalue weighted by Crippen LogP contribution is -2.30. The van der Waals surface area contributed by atoms with Gasteiger partial charge in [-0.25, -0.2) is 17.5 Å². The van der Waals surface area contributed by atoms with Crippen LogP contribution in [0.3, 0.4) is 0 Å². The van der Waals surface area contributed by atoms with Crippen molar-refractivity contribution in [3.8, 4) is 0 Å². The molecule has 0 spiro atoms. The number of rotatable bonds is 6. The summed E-state index contributed by atoms with van der Waals surface area (Å²) >= 11 is 0. The van der Waals surface area contributed by atoms with Crippen molar-refractivity contribution >= 4 is 16.0 Å². The molecule has 0 unspecified atom stereocenters. The van der Waals surface area contributed by atoms with Gasteiger partial charge in [0.15, 0.2) is 0 Å². The van der Waals surface area contributed by atoms with Gasteiger partial charge in [0.25, 0.3) is 0 Å². The van der Waals surface area contributed by atoms with Crippen LogP contribution < -0.4 is 0 Å². The van der Waals surface area contributed by atoms with Crippen LogP contribution in [0.1, 0.15) is 15.9 Å². The quantitative estimate of drug-likeness (QED) is 0.757. The highest BCUT2D eigenvalue weighted by Crippen LogP contribution is 2.11. The summed E-state index contributed by atoms with van der Waals surface area (Å²) in [4.78, 5) is 11.2. The molecule has 0 saturated carbocycles. The van der Waals surface area contributed by atoms with Gasteiger partial charge < -0.3 is 9.84 Å². The van der Waals surface area contributed by atoms with Gasteiger partial charge in [-0.1, -0.05) is 12.1 Å². The monoisotopic (exact) mass is 287 g/mol. The van der Waals surface area contributed by atoms with Crippen LogP contribution >= 0.6 is 0 Å². The van der Waals surface area contributed by atoms with Crippen molar-refractivity contribution in [3.05, 3.63) is 35.4 Å². The van der Waals surface area contributed by atoms with Crippen LogP contribution in [0.25, 0.3) is 0 Å². The summed E-state index contributed by atoms with van der Waals surface area (Å²) in [5.41, 5.74) is 0.935. The second-order valence-electron chi connectivity index (χ2n) is 3.99. The van der Waals surface area contributed by atoms with Gasteiger partial charge in [-0.05, 0) is 17.7 Å². The van der Waals surface area contributed by atoms with Crippen LogP contribution in [0.15, 0.2) is 24.3 Å². The number of ether oxygens (including phenoxy) is 1. The summed E-state index contributed by atoms with van der Waals surface area (Å²) in [6, 6.07) is 6.17. The highest BCUT2D eigenvalue weighted by Gasteiger charge is 2.18. The van der Waals surface area contributed by atoms with Crippen molar-refractivity contribution in [3.63, 3.8) is 0 Å². The average molecular weight is 287 g/mol. The van der Waals surface area contributed by atoms with E-state index in [0.717, 1.165) is 4.31 Å². The molecule has 7 heteroatoms. The van der Waals surface area contributed by atoms with E-state index in [4.69, 9.17) is 5.11 Å². The molecule has 0 saturated heterocycles. The van der Waals surface area contributed by atoms with E-state index < -0.39 is 16.0 Å². The highest BCUT2D eigenvalue weighted by atomic mass is 32.2. The Morgan fingerprint density at radius 2 is 1.89 bits per heavy atom. The Bertz CT molecular complexity index is 524. The van der Waals surface area contributed by atoms with Crippen molar-refractivity contribution in [1.29, 1.82) is 0 Å². The van der Waals surface area contributed by atoms with E-state index in [1.54, 1.807) is 12.1 Å². The fraction of sp³-hybridized carbons (Fsp3) is 0.417. The molecule has 0 aliphatic heterocycles. The zero-order valence-electron chi connectivity index (χ0n) is 10.9. The minimum atomic E-state index is -3.46. The number of hydrogen-bond acceptors (Lipinski definition) is 5. The molecular formula is C12H17NO5S. The number of aliphatic hydroxyl groups excluding tert-OH is 1. The summed E-state index contributed by atoms with van der Waals surface area (Å²) in [7, 11) is -0.764. The zero-order valence-corrected chi connectivity index (χ0v) is 11.7. The highest BCUT2D eigenvalue weighted by molar-refractivity contribution is 7.88. The Labute approximate surface area is 112 Å². The van der Waals surface area contributed by atoms with E-state index in [-0.39, 0.29) is 18.9 Å². The normalized spacial score (nSPS) is 11.6. The fourth-order valence-corrected chi connectivity index (χ4v) is 2.65. The number of benzene rings is 1. The maximum Gasteiger partial charge on any atom is 0.337 e. The second kappa shape index (κ2) is 6.65. The van der Waals surface area contributed by atoms with Crippen molar-refractivity contribution in [2.75, 3.05) is 27.3 Å². The van der Waals surface area contributed by atoms with E-state index in [2.05, 4.69) is 4.74 Å². The van der Waals surface area contributed by atoms with Crippen molar-refractivity contribution in [2.24, 2.45) is 0 Å². The lowest BCUT2D eigenvalue weighted by atomic mass is 10.1. The molecule has 1 aromatic rings. The van der Waals surface area contributed by atoms with E-state index in [0.29, 0.717) is 11.1 Å². The third-order valence-corrected chi connectivity index (χ3v) is 4.44. The van der Waals surface area contributed by atoms with Gasteiger partial charge in [-0.3, -0.25) is 0 Å². The summed E-state index contributed by atoms with van der Waals surface area (Å²) in [5, 5.41) is 8.73. The average Bonchev–Trinajstić information content (AvgIpc) is 2.38. The number of hydrogen-bond donors (Lipinski definition) is 1. The van der Waals surface area contributed by atoms with Gasteiger partial charge in [0.1, 0.15) is 0 Å². The van der Waals surface area contributed by atoms with Gasteiger partial charge in [-0.15, -0.1) is 0 Å². The van der Waals surface area contributed by atoms with E-state index in [9.17, 15) is 13.2 Å². The molecule has 0 amide bonds. The fourth-order valence-electron chi connectivity index (χ4n) is 1.46. The SMILES string of the molecule is COC(=O)c1ccc(CS(=O)(=O)N(C)CCO)cc1. The predicted octanol–water partition coefficient (Wildman–Crippen LogP) is 0.227. The molecule has 0 aromatic heterocycles. The first-order valence-electron chi connectivity index (χ1n) is 5.63. The topological polar surface area (TPSA) is 83.9 Å². The Hall–Kier alpha value is -1.44. The largest absolute Gasteiger partial charge is 0.465 e. The first-order chi connectivity index (χ1) is 8.90. The van der Waals surface area contributed by atoms with Gasteiger partial charge in [-0.2, -0.15) is 0 Å². The third-order valence-electron chi connectivity index (χ3n) is 2.61. The Morgan fingerprint density at radius 1 is 1.32 bits per heavy atom. The number of carbonyl (C=O) groups excluding carboxylic acids is 1. The van der Waals surface area contributed by atoms with Gasteiger partial charge in [0.2, 0.25) is 10.0 Å². The first kappa shape index (κ1) is 15.6. The van der Waals surface area contributed by atoms with E-state index in [1.807, 2.05) is 0 Å². The molecule has 0 aliphatic carbocycles. The minimum absolute atomic E-state index is 0.0581. The second-order valence-corrected chi connectivity index (χ2v) is 6.07. The number of esters is 1. The summed E-state index contributed by atoms with van der Waals surface area (Å²) in [5.74, 6) is -0.642. The summed E-state index contributed by atoms with van der Waals surface area (Å²) in [6.45, 7) is -0.167. The lowest BCUT2D eigenvalue weighted by Gasteiger charge is -2.15. The summed E-state index contributed by atoms with van der Waals surface area (Å²) in [6.07, 6.45) is 0. The van der Waals surface area contributed by atoms with Crippen LogP contribution in [-0.4, -0.2) is 51.1 Å². The van der Waals surface area contributed by atoms with Crippen LogP contribution in [0.4, 0.5) is 0 Å². The molecule has 0 bridgehead atoms. The van der Waals surface area contributed by atoms with Crippen LogP contribution in [-0.2, 0) is 20.5 Å². The molecule has 0 heterocycles. The Kier molecular flexibility index (Phi) is 5.46. The standard InChI is InChI=1S/C12H17NO5S/c1-13(7-8-14)19(16,17)9-10-3-5-11(6-4-10)12(15)18-2/h3-6,14H,7-9H2,1-2H3. The number of aliphatic hydroxyl groups is 1. The maximum atomic E-state index is 11.9. The molecule has 1 aromatic carbocycles. The molecule has 1 N–H and O–H groups in total. The van der Waals surface area contributed by atoms with Crippen molar-refractivity contribution in [1.82, 2.24) is 4.31 Å². The molecule has 19 heavy (non-hydrogen) atoms. The molecule has 0 radical (unpaired) electrons. The molecule has 1 rings (SSSR count). The van der Waals surface area contributed by atoms with Gasteiger partial charge in [0, 0.05) is 13.6 Å². The summed E-state index contributed by atoms with van der Waals surface area (Å²) < 4.78 is 29.4. The Morgan fingerprint density at radius 3 is 2.37 bits per heavy atom. The number of methoxy groups -OCH3 is 1. The molecule has 0 atom stereocenters. The Balaban J connectivity index is 2.80. The van der Waals surface area contributed by atoms with Gasteiger partial charge in [0.05, 0.1) is 25.0 Å². The molecule has 106 valence electrons. The smallest absolute Gasteiger partial charge is 0.337 e. The minimum Gasteiger partial charge on any atom is -0.465 e. The van der Waals surface area contributed by atoms with E-state index >= 15 is 0 Å². The van der Waals surface area contributed by atoms with Crippen molar-refractivity contribution < 1.29 is 23.1 Å². The zero-order chi connectivity index (χ0) is 14.5. The van der Waals surface area contributed by atoms with Crippen LogP contribution in [0.5, 0.6) is 0 Å². The van der Waals surface area contributed by atoms with E-state index in [1.165, 1.54) is 26.3 Å². The molecule has 6 nitrogen and oxygen atoms in total. The van der Waals surface area contributed by atoms with Crippen LogP contribution in [0.2, 0.25) is 0 Å².